The minimum atomic E-state index is 0.242. The predicted molar refractivity (Wildman–Crippen MR) is 97.3 cm³/mol. The highest BCUT2D eigenvalue weighted by Gasteiger charge is 2.10. The molecule has 2 aromatic carbocycles. The van der Waals surface area contributed by atoms with Gasteiger partial charge in [0.25, 0.3) is 5.89 Å². The number of H-pyrrole nitrogens is 1. The summed E-state index contributed by atoms with van der Waals surface area (Å²) in [5.74, 6) is 3.05. The number of thioether (sulfide) groups is 1. The van der Waals surface area contributed by atoms with E-state index in [-0.39, 0.29) is 6.61 Å². The highest BCUT2D eigenvalue weighted by atomic mass is 32.2. The number of nitrogens with one attached hydrogen (secondary N) is 1. The topological polar surface area (TPSA) is 86.1 Å². The molecular weight excluding hydrogens is 352 g/mol. The zero-order valence-corrected chi connectivity index (χ0v) is 14.8. The average molecular weight is 368 g/mol. The number of aromatic nitrogens is 4. The quantitative estimate of drug-likeness (QED) is 0.496. The van der Waals surface area contributed by atoms with Crippen LogP contribution in [0.25, 0.3) is 11.0 Å². The summed E-state index contributed by atoms with van der Waals surface area (Å²) in [6, 6.07) is 15.2. The number of benzene rings is 2. The van der Waals surface area contributed by atoms with Crippen molar-refractivity contribution in [2.24, 2.45) is 0 Å². The minimum absolute atomic E-state index is 0.242. The molecule has 2 heterocycles. The van der Waals surface area contributed by atoms with Crippen LogP contribution in [0.1, 0.15) is 11.8 Å². The maximum Gasteiger partial charge on any atom is 0.253 e. The van der Waals surface area contributed by atoms with Gasteiger partial charge in [-0.2, -0.15) is 0 Å². The molecule has 0 amide bonds. The van der Waals surface area contributed by atoms with Crippen LogP contribution in [0.5, 0.6) is 11.5 Å². The third-order valence-electron chi connectivity index (χ3n) is 3.61. The SMILES string of the molecule is COc1ccc2nc(SCc3nnc(COc4ccccc4)o3)[nH]c2c1. The highest BCUT2D eigenvalue weighted by Crippen LogP contribution is 2.25. The first kappa shape index (κ1) is 16.5. The molecule has 0 spiro atoms. The number of nitrogens with zero attached hydrogens (tertiary/aromatic N) is 3. The highest BCUT2D eigenvalue weighted by molar-refractivity contribution is 7.98. The molecule has 0 aliphatic carbocycles. The van der Waals surface area contributed by atoms with Crippen molar-refractivity contribution in [3.63, 3.8) is 0 Å². The zero-order chi connectivity index (χ0) is 17.8. The third kappa shape index (κ3) is 3.80. The Balaban J connectivity index is 1.35. The number of hydrogen-bond acceptors (Lipinski definition) is 7. The van der Waals surface area contributed by atoms with Crippen LogP contribution in [0.4, 0.5) is 0 Å². The van der Waals surface area contributed by atoms with E-state index in [1.54, 1.807) is 7.11 Å². The molecule has 0 aliphatic heterocycles. The summed E-state index contributed by atoms with van der Waals surface area (Å²) in [5, 5.41) is 8.84. The largest absolute Gasteiger partial charge is 0.497 e. The lowest BCUT2D eigenvalue weighted by Gasteiger charge is -2.01. The monoisotopic (exact) mass is 368 g/mol. The number of rotatable bonds is 7. The molecule has 4 rings (SSSR count). The number of fused-ring (bicyclic) bond motifs is 1. The summed E-state index contributed by atoms with van der Waals surface area (Å²) >= 11 is 1.50. The van der Waals surface area contributed by atoms with Crippen LogP contribution in [0.3, 0.4) is 0 Å². The first-order valence-electron chi connectivity index (χ1n) is 7.96. The molecule has 26 heavy (non-hydrogen) atoms. The van der Waals surface area contributed by atoms with Crippen LogP contribution in [0.2, 0.25) is 0 Å². The Morgan fingerprint density at radius 3 is 2.73 bits per heavy atom. The fourth-order valence-electron chi connectivity index (χ4n) is 2.36. The van der Waals surface area contributed by atoms with Gasteiger partial charge >= 0.3 is 0 Å². The van der Waals surface area contributed by atoms with Gasteiger partial charge in [0, 0.05) is 6.07 Å². The summed E-state index contributed by atoms with van der Waals surface area (Å²) < 4.78 is 16.4. The molecule has 8 heteroatoms. The number of aromatic amines is 1. The number of para-hydroxylation sites is 1. The van der Waals surface area contributed by atoms with E-state index in [0.29, 0.717) is 17.5 Å². The Kier molecular flexibility index (Phi) is 4.74. The second-order valence-corrected chi connectivity index (χ2v) is 6.37. The van der Waals surface area contributed by atoms with Crippen molar-refractivity contribution in [3.8, 4) is 11.5 Å². The lowest BCUT2D eigenvalue weighted by Crippen LogP contribution is -1.95. The molecule has 2 aromatic heterocycles. The summed E-state index contributed by atoms with van der Waals surface area (Å²) in [7, 11) is 1.64. The Bertz CT molecular complexity index is 1000. The van der Waals surface area contributed by atoms with Crippen molar-refractivity contribution >= 4 is 22.8 Å². The third-order valence-corrected chi connectivity index (χ3v) is 4.47. The Morgan fingerprint density at radius 1 is 1.04 bits per heavy atom. The minimum Gasteiger partial charge on any atom is -0.497 e. The number of methoxy groups -OCH3 is 1. The molecule has 0 atom stereocenters. The van der Waals surface area contributed by atoms with E-state index in [2.05, 4.69) is 20.2 Å². The van der Waals surface area contributed by atoms with Crippen LogP contribution >= 0.6 is 11.8 Å². The van der Waals surface area contributed by atoms with Gasteiger partial charge in [-0.3, -0.25) is 0 Å². The molecule has 0 saturated carbocycles. The maximum absolute atomic E-state index is 5.61. The van der Waals surface area contributed by atoms with Gasteiger partial charge in [0.2, 0.25) is 5.89 Å². The van der Waals surface area contributed by atoms with Crippen molar-refractivity contribution in [3.05, 3.63) is 60.3 Å². The van der Waals surface area contributed by atoms with Crippen LogP contribution in [-0.4, -0.2) is 27.3 Å². The van der Waals surface area contributed by atoms with Crippen LogP contribution in [0.15, 0.2) is 58.1 Å². The van der Waals surface area contributed by atoms with E-state index >= 15 is 0 Å². The van der Waals surface area contributed by atoms with Gasteiger partial charge in [-0.25, -0.2) is 4.98 Å². The fourth-order valence-corrected chi connectivity index (χ4v) is 3.08. The summed E-state index contributed by atoms with van der Waals surface area (Å²) in [6.07, 6.45) is 0. The van der Waals surface area contributed by atoms with Gasteiger partial charge in [-0.05, 0) is 24.3 Å². The Labute approximate surface area is 153 Å². The van der Waals surface area contributed by atoms with Gasteiger partial charge in [0.05, 0.1) is 23.9 Å². The van der Waals surface area contributed by atoms with Gasteiger partial charge in [-0.15, -0.1) is 10.2 Å². The lowest BCUT2D eigenvalue weighted by atomic mass is 10.3. The van der Waals surface area contributed by atoms with Crippen molar-refractivity contribution in [2.75, 3.05) is 7.11 Å². The number of imidazole rings is 1. The molecule has 0 aliphatic rings. The zero-order valence-electron chi connectivity index (χ0n) is 14.0. The van der Waals surface area contributed by atoms with Crippen LogP contribution in [-0.2, 0) is 12.4 Å². The summed E-state index contributed by atoms with van der Waals surface area (Å²) in [6.45, 7) is 0.242. The van der Waals surface area contributed by atoms with Crippen molar-refractivity contribution in [1.29, 1.82) is 0 Å². The van der Waals surface area contributed by atoms with Gasteiger partial charge in [-0.1, -0.05) is 30.0 Å². The maximum atomic E-state index is 5.61. The molecule has 0 unspecified atom stereocenters. The second-order valence-electron chi connectivity index (χ2n) is 5.40. The lowest BCUT2D eigenvalue weighted by molar-refractivity contribution is 0.260. The van der Waals surface area contributed by atoms with Gasteiger partial charge in [0.1, 0.15) is 11.5 Å². The van der Waals surface area contributed by atoms with E-state index in [0.717, 1.165) is 27.7 Å². The molecule has 1 N–H and O–H groups in total. The average Bonchev–Trinajstić information content (AvgIpc) is 3.31. The van der Waals surface area contributed by atoms with Gasteiger partial charge in [0.15, 0.2) is 11.8 Å². The van der Waals surface area contributed by atoms with E-state index in [1.807, 2.05) is 48.5 Å². The smallest absolute Gasteiger partial charge is 0.253 e. The molecule has 0 radical (unpaired) electrons. The molecule has 7 nitrogen and oxygen atoms in total. The predicted octanol–water partition coefficient (Wildman–Crippen LogP) is 3.83. The van der Waals surface area contributed by atoms with Crippen LogP contribution < -0.4 is 9.47 Å². The van der Waals surface area contributed by atoms with E-state index in [4.69, 9.17) is 13.9 Å². The van der Waals surface area contributed by atoms with Crippen molar-refractivity contribution < 1.29 is 13.9 Å². The first-order valence-corrected chi connectivity index (χ1v) is 8.94. The molecule has 0 saturated heterocycles. The Hall–Kier alpha value is -3.00. The molecule has 4 aromatic rings. The number of ether oxygens (including phenoxy) is 2. The molecule has 0 bridgehead atoms. The van der Waals surface area contributed by atoms with Crippen LogP contribution in [0, 0.1) is 0 Å². The van der Waals surface area contributed by atoms with E-state index in [1.165, 1.54) is 11.8 Å². The summed E-state index contributed by atoms with van der Waals surface area (Å²) in [5.41, 5.74) is 1.81. The van der Waals surface area contributed by atoms with Crippen molar-refractivity contribution in [1.82, 2.24) is 20.2 Å². The molecule has 132 valence electrons. The Morgan fingerprint density at radius 2 is 1.88 bits per heavy atom. The fraction of sp³-hybridized carbons (Fsp3) is 0.167. The normalized spacial score (nSPS) is 11.0. The summed E-state index contributed by atoms with van der Waals surface area (Å²) in [4.78, 5) is 7.77. The van der Waals surface area contributed by atoms with Crippen molar-refractivity contribution in [2.45, 2.75) is 17.5 Å². The first-order chi connectivity index (χ1) is 12.8. The number of hydrogen-bond donors (Lipinski definition) is 1. The standard InChI is InChI=1S/C18H16N4O3S/c1-23-13-7-8-14-15(9-13)20-18(19-14)26-11-17-22-21-16(25-17)10-24-12-5-3-2-4-6-12/h2-9H,10-11H2,1H3,(H,19,20). The molecular formula is C18H16N4O3S. The van der Waals surface area contributed by atoms with E-state index < -0.39 is 0 Å². The van der Waals surface area contributed by atoms with E-state index in [9.17, 15) is 0 Å². The molecule has 0 fully saturated rings. The second kappa shape index (κ2) is 7.49. The van der Waals surface area contributed by atoms with Gasteiger partial charge < -0.3 is 18.9 Å².